The highest BCUT2D eigenvalue weighted by atomic mass is 19.1. The molecule has 0 amide bonds. The highest BCUT2D eigenvalue weighted by Gasteiger charge is 2.14. The third-order valence-electron chi connectivity index (χ3n) is 4.33. The molecule has 0 atom stereocenters. The summed E-state index contributed by atoms with van der Waals surface area (Å²) in [6, 6.07) is 12.0. The Morgan fingerprint density at radius 1 is 1.12 bits per heavy atom. The molecule has 0 saturated heterocycles. The van der Waals surface area contributed by atoms with E-state index in [9.17, 15) is 9.18 Å². The van der Waals surface area contributed by atoms with Crippen LogP contribution in [0.4, 0.5) is 4.39 Å². The normalized spacial score (nSPS) is 11.2. The van der Waals surface area contributed by atoms with Gasteiger partial charge in [0.1, 0.15) is 12.1 Å². The summed E-state index contributed by atoms with van der Waals surface area (Å²) in [5.41, 5.74) is 3.92. The molecule has 4 rings (SSSR count). The number of nitrogens with zero attached hydrogens (tertiary/aromatic N) is 5. The van der Waals surface area contributed by atoms with Gasteiger partial charge in [0.15, 0.2) is 11.2 Å². The van der Waals surface area contributed by atoms with Crippen LogP contribution in [0.25, 0.3) is 16.9 Å². The Bertz CT molecular complexity index is 1180. The molecule has 2 heterocycles. The Hall–Kier alpha value is -3.35. The summed E-state index contributed by atoms with van der Waals surface area (Å²) in [4.78, 5) is 17.1. The molecule has 130 valence electrons. The average Bonchev–Trinajstić information content (AvgIpc) is 3.05. The lowest BCUT2D eigenvalue weighted by molar-refractivity contribution is 0.625. The van der Waals surface area contributed by atoms with Crippen LogP contribution in [0.2, 0.25) is 0 Å². The number of aryl methyl sites for hydroxylation is 2. The quantitative estimate of drug-likeness (QED) is 0.570. The van der Waals surface area contributed by atoms with Crippen molar-refractivity contribution in [3.05, 3.63) is 81.7 Å². The van der Waals surface area contributed by atoms with Crippen LogP contribution in [0, 0.1) is 19.7 Å². The molecular weight excluding hydrogens is 333 g/mol. The first-order valence-electron chi connectivity index (χ1n) is 8.16. The van der Waals surface area contributed by atoms with E-state index in [4.69, 9.17) is 0 Å². The van der Waals surface area contributed by atoms with Crippen LogP contribution < -0.4 is 5.56 Å². The fourth-order valence-electron chi connectivity index (χ4n) is 2.89. The van der Waals surface area contributed by atoms with Gasteiger partial charge in [0.05, 0.1) is 12.2 Å². The molecule has 0 saturated carbocycles. The summed E-state index contributed by atoms with van der Waals surface area (Å²) < 4.78 is 16.3. The number of aromatic nitrogens is 5. The van der Waals surface area contributed by atoms with E-state index in [-0.39, 0.29) is 11.1 Å². The van der Waals surface area contributed by atoms with E-state index in [0.717, 1.165) is 16.7 Å². The smallest absolute Gasteiger partial charge is 0.283 e. The zero-order valence-corrected chi connectivity index (χ0v) is 14.3. The first-order chi connectivity index (χ1) is 12.5. The number of rotatable bonds is 3. The Labute approximate surface area is 148 Å². The van der Waals surface area contributed by atoms with Gasteiger partial charge in [-0.1, -0.05) is 35.0 Å². The average molecular weight is 349 g/mol. The van der Waals surface area contributed by atoms with Gasteiger partial charge in [-0.15, -0.1) is 5.10 Å². The fourth-order valence-corrected chi connectivity index (χ4v) is 2.89. The van der Waals surface area contributed by atoms with Crippen molar-refractivity contribution in [2.75, 3.05) is 0 Å². The van der Waals surface area contributed by atoms with Crippen molar-refractivity contribution < 1.29 is 4.39 Å². The fraction of sp³-hybridized carbons (Fsp3) is 0.158. The Balaban J connectivity index is 1.79. The zero-order valence-electron chi connectivity index (χ0n) is 14.3. The summed E-state index contributed by atoms with van der Waals surface area (Å²) in [5.74, 6) is -0.394. The van der Waals surface area contributed by atoms with Crippen molar-refractivity contribution in [2.24, 2.45) is 0 Å². The van der Waals surface area contributed by atoms with Crippen molar-refractivity contribution in [3.63, 3.8) is 0 Å². The van der Waals surface area contributed by atoms with E-state index in [0.29, 0.717) is 17.9 Å². The molecule has 0 radical (unpaired) electrons. The van der Waals surface area contributed by atoms with Gasteiger partial charge in [0.25, 0.3) is 5.56 Å². The molecule has 0 bridgehead atoms. The minimum Gasteiger partial charge on any atom is -0.293 e. The largest absolute Gasteiger partial charge is 0.293 e. The summed E-state index contributed by atoms with van der Waals surface area (Å²) in [5, 5.41) is 7.93. The molecule has 0 aliphatic rings. The zero-order chi connectivity index (χ0) is 18.3. The van der Waals surface area contributed by atoms with Gasteiger partial charge in [0.2, 0.25) is 0 Å². The van der Waals surface area contributed by atoms with E-state index in [1.165, 1.54) is 27.7 Å². The molecule has 2 aromatic carbocycles. The summed E-state index contributed by atoms with van der Waals surface area (Å²) in [7, 11) is 0. The summed E-state index contributed by atoms with van der Waals surface area (Å²) in [6.45, 7) is 4.42. The maximum Gasteiger partial charge on any atom is 0.283 e. The van der Waals surface area contributed by atoms with E-state index < -0.39 is 5.82 Å². The van der Waals surface area contributed by atoms with Gasteiger partial charge in [-0.05, 0) is 43.2 Å². The van der Waals surface area contributed by atoms with E-state index in [1.54, 1.807) is 12.1 Å². The van der Waals surface area contributed by atoms with Crippen molar-refractivity contribution >= 4 is 11.2 Å². The molecule has 0 spiro atoms. The van der Waals surface area contributed by atoms with Crippen LogP contribution in [0.5, 0.6) is 0 Å². The lowest BCUT2D eigenvalue weighted by atomic mass is 10.1. The lowest BCUT2D eigenvalue weighted by Gasteiger charge is -2.09. The molecule has 0 aliphatic heterocycles. The van der Waals surface area contributed by atoms with Crippen LogP contribution >= 0.6 is 0 Å². The SMILES string of the molecule is Cc1ccc(C)c(Cn2cnc3c(nnn3-c3cccc(F)c3)c2=O)c1. The van der Waals surface area contributed by atoms with E-state index >= 15 is 0 Å². The van der Waals surface area contributed by atoms with Gasteiger partial charge >= 0.3 is 0 Å². The third kappa shape index (κ3) is 2.77. The monoisotopic (exact) mass is 349 g/mol. The number of benzene rings is 2. The number of hydrogen-bond donors (Lipinski definition) is 0. The van der Waals surface area contributed by atoms with E-state index in [1.807, 2.05) is 26.0 Å². The number of hydrogen-bond acceptors (Lipinski definition) is 4. The molecule has 2 aromatic heterocycles. The first kappa shape index (κ1) is 16.1. The Morgan fingerprint density at radius 3 is 2.77 bits per heavy atom. The minimum absolute atomic E-state index is 0.155. The van der Waals surface area contributed by atoms with Gasteiger partial charge in [-0.25, -0.2) is 9.37 Å². The number of fused-ring (bicyclic) bond motifs is 1. The molecule has 6 nitrogen and oxygen atoms in total. The van der Waals surface area contributed by atoms with E-state index in [2.05, 4.69) is 21.4 Å². The summed E-state index contributed by atoms with van der Waals surface area (Å²) in [6.07, 6.45) is 1.48. The molecule has 26 heavy (non-hydrogen) atoms. The lowest BCUT2D eigenvalue weighted by Crippen LogP contribution is -2.22. The highest BCUT2D eigenvalue weighted by Crippen LogP contribution is 2.14. The molecule has 0 unspecified atom stereocenters. The second-order valence-electron chi connectivity index (χ2n) is 6.26. The maximum atomic E-state index is 13.5. The Kier molecular flexibility index (Phi) is 3.84. The molecule has 0 fully saturated rings. The van der Waals surface area contributed by atoms with Crippen LogP contribution in [0.3, 0.4) is 0 Å². The van der Waals surface area contributed by atoms with Gasteiger partial charge in [0, 0.05) is 0 Å². The molecule has 4 aromatic rings. The molecule has 0 N–H and O–H groups in total. The third-order valence-corrected chi connectivity index (χ3v) is 4.33. The maximum absolute atomic E-state index is 13.5. The van der Waals surface area contributed by atoms with Crippen molar-refractivity contribution in [2.45, 2.75) is 20.4 Å². The molecule has 7 heteroatoms. The Morgan fingerprint density at radius 2 is 1.96 bits per heavy atom. The van der Waals surface area contributed by atoms with Crippen LogP contribution in [-0.4, -0.2) is 24.5 Å². The predicted molar refractivity (Wildman–Crippen MR) is 95.9 cm³/mol. The van der Waals surface area contributed by atoms with Crippen molar-refractivity contribution in [3.8, 4) is 5.69 Å². The molecule has 0 aliphatic carbocycles. The van der Waals surface area contributed by atoms with Crippen molar-refractivity contribution in [1.29, 1.82) is 0 Å². The molecular formula is C19H16FN5O. The van der Waals surface area contributed by atoms with Gasteiger partial charge in [-0.3, -0.25) is 9.36 Å². The van der Waals surface area contributed by atoms with Crippen LogP contribution in [0.15, 0.2) is 53.6 Å². The van der Waals surface area contributed by atoms with Crippen molar-refractivity contribution in [1.82, 2.24) is 24.5 Å². The first-order valence-corrected chi connectivity index (χ1v) is 8.16. The van der Waals surface area contributed by atoms with Crippen LogP contribution in [-0.2, 0) is 6.54 Å². The second kappa shape index (κ2) is 6.18. The van der Waals surface area contributed by atoms with Crippen LogP contribution in [0.1, 0.15) is 16.7 Å². The second-order valence-corrected chi connectivity index (χ2v) is 6.26. The predicted octanol–water partition coefficient (Wildman–Crippen LogP) is 2.78. The number of halogens is 1. The van der Waals surface area contributed by atoms with Gasteiger partial charge in [-0.2, -0.15) is 4.68 Å². The highest BCUT2D eigenvalue weighted by molar-refractivity contribution is 5.70. The topological polar surface area (TPSA) is 65.6 Å². The minimum atomic E-state index is -0.394. The summed E-state index contributed by atoms with van der Waals surface area (Å²) >= 11 is 0. The standard InChI is InChI=1S/C19H16FN5O/c1-12-6-7-13(2)14(8-12)10-24-11-21-18-17(19(24)26)22-23-25(18)16-5-3-4-15(20)9-16/h3-9,11H,10H2,1-2H3. The van der Waals surface area contributed by atoms with Gasteiger partial charge < -0.3 is 0 Å².